The van der Waals surface area contributed by atoms with Crippen molar-refractivity contribution in [3.8, 4) is 0 Å². The van der Waals surface area contributed by atoms with Crippen LogP contribution in [0.5, 0.6) is 0 Å². The molecule has 2 atom stereocenters. The van der Waals surface area contributed by atoms with Gasteiger partial charge in [0.2, 0.25) is 12.3 Å². The maximum Gasteiger partial charge on any atom is 0.423 e. The van der Waals surface area contributed by atoms with Gasteiger partial charge in [0.25, 0.3) is 0 Å². The molecule has 0 heterocycles. The molecule has 0 nitrogen and oxygen atoms in total. The van der Waals surface area contributed by atoms with Crippen LogP contribution in [0.4, 0.5) is 48.3 Å². The predicted molar refractivity (Wildman–Crippen MR) is 40.7 cm³/mol. The largest absolute Gasteiger partial charge is 0.423 e. The van der Waals surface area contributed by atoms with Crippen LogP contribution in [0, 0.1) is 0 Å². The van der Waals surface area contributed by atoms with E-state index < -0.39 is 42.0 Å². The molecule has 0 spiro atoms. The molecule has 114 valence electrons. The molecular weight excluding hydrogens is 305 g/mol. The van der Waals surface area contributed by atoms with E-state index >= 15 is 0 Å². The van der Waals surface area contributed by atoms with Crippen LogP contribution in [0.2, 0.25) is 0 Å². The zero-order valence-electron chi connectivity index (χ0n) is 8.81. The van der Waals surface area contributed by atoms with Crippen molar-refractivity contribution in [1.82, 2.24) is 0 Å². The van der Waals surface area contributed by atoms with Crippen LogP contribution in [0.25, 0.3) is 0 Å². The van der Waals surface area contributed by atoms with E-state index in [1.165, 1.54) is 0 Å². The summed E-state index contributed by atoms with van der Waals surface area (Å²) in [6.07, 6.45) is -27.3. The summed E-state index contributed by atoms with van der Waals surface area (Å²) in [4.78, 5) is 0. The van der Waals surface area contributed by atoms with Gasteiger partial charge in [0.05, 0.1) is 0 Å². The Morgan fingerprint density at radius 2 is 0.947 bits per heavy atom. The normalized spacial score (nSPS) is 17.1. The lowest BCUT2D eigenvalue weighted by molar-refractivity contribution is -0.196. The Morgan fingerprint density at radius 3 is 1.11 bits per heavy atom. The number of rotatable bonds is 2. The maximum atomic E-state index is 12.7. The first-order valence-corrected chi connectivity index (χ1v) is 4.29. The highest BCUT2D eigenvalue weighted by molar-refractivity contribution is 5.27. The van der Waals surface area contributed by atoms with Crippen LogP contribution in [0.1, 0.15) is 6.92 Å². The van der Waals surface area contributed by atoms with Crippen molar-refractivity contribution >= 4 is 0 Å². The van der Waals surface area contributed by atoms with Gasteiger partial charge in [0, 0.05) is 11.1 Å². The minimum atomic E-state index is -6.09. The summed E-state index contributed by atoms with van der Waals surface area (Å²) >= 11 is 0. The number of halogens is 11. The first-order valence-electron chi connectivity index (χ1n) is 4.29. The maximum absolute atomic E-state index is 12.7. The van der Waals surface area contributed by atoms with Crippen molar-refractivity contribution < 1.29 is 48.3 Å². The molecule has 0 aliphatic heterocycles. The Labute approximate surface area is 98.4 Å². The molecule has 0 aromatic carbocycles. The second-order valence-corrected chi connectivity index (χ2v) is 3.39. The van der Waals surface area contributed by atoms with Gasteiger partial charge >= 0.3 is 18.5 Å². The van der Waals surface area contributed by atoms with Crippen LogP contribution in [0.3, 0.4) is 0 Å². The molecule has 0 bridgehead atoms. The van der Waals surface area contributed by atoms with E-state index in [-0.39, 0.29) is 6.92 Å². The summed E-state index contributed by atoms with van der Waals surface area (Å²) in [7, 11) is 0. The first kappa shape index (κ1) is 18.0. The standard InChI is InChI=1S/C8H5F11/c1-2(6(11,12)13)3(4(9)7(14,15)16)5(10)8(17,18)19/h4-5H,1H3. The van der Waals surface area contributed by atoms with Gasteiger partial charge in [-0.2, -0.15) is 39.5 Å². The van der Waals surface area contributed by atoms with Gasteiger partial charge in [-0.15, -0.1) is 0 Å². The average Bonchev–Trinajstić information content (AvgIpc) is 2.13. The molecule has 0 fully saturated rings. The van der Waals surface area contributed by atoms with Crippen molar-refractivity contribution in [3.63, 3.8) is 0 Å². The van der Waals surface area contributed by atoms with Crippen molar-refractivity contribution in [3.05, 3.63) is 11.1 Å². The SMILES string of the molecule is CC(=C(C(F)C(F)(F)F)C(F)C(F)(F)F)C(F)(F)F. The first-order chi connectivity index (χ1) is 8.10. The lowest BCUT2D eigenvalue weighted by Crippen LogP contribution is -2.39. The zero-order chi connectivity index (χ0) is 15.8. The van der Waals surface area contributed by atoms with Crippen molar-refractivity contribution in [2.45, 2.75) is 37.8 Å². The monoisotopic (exact) mass is 310 g/mol. The quantitative estimate of drug-likeness (QED) is 0.514. The van der Waals surface area contributed by atoms with Gasteiger partial charge in [0.1, 0.15) is 0 Å². The van der Waals surface area contributed by atoms with E-state index in [1.807, 2.05) is 0 Å². The highest BCUT2D eigenvalue weighted by Crippen LogP contribution is 2.41. The molecule has 11 heteroatoms. The number of allylic oxidation sites excluding steroid dienone is 2. The van der Waals surface area contributed by atoms with Gasteiger partial charge in [-0.25, -0.2) is 8.78 Å². The van der Waals surface area contributed by atoms with E-state index in [0.717, 1.165) is 0 Å². The molecule has 19 heavy (non-hydrogen) atoms. The van der Waals surface area contributed by atoms with Crippen LogP contribution in [-0.4, -0.2) is 30.9 Å². The van der Waals surface area contributed by atoms with Crippen LogP contribution >= 0.6 is 0 Å². The summed E-state index contributed by atoms with van der Waals surface area (Å²) in [6.45, 7) is -0.258. The topological polar surface area (TPSA) is 0 Å². The Hall–Kier alpha value is -1.03. The molecule has 0 aliphatic rings. The van der Waals surface area contributed by atoms with Crippen LogP contribution in [0.15, 0.2) is 11.1 Å². The highest BCUT2D eigenvalue weighted by atomic mass is 19.4. The Bertz CT molecular complexity index is 319. The molecule has 0 aromatic heterocycles. The molecule has 0 N–H and O–H groups in total. The lowest BCUT2D eigenvalue weighted by atomic mass is 9.98. The predicted octanol–water partition coefficient (Wildman–Crippen LogP) is 4.67. The van der Waals surface area contributed by atoms with Gasteiger partial charge < -0.3 is 0 Å². The summed E-state index contributed by atoms with van der Waals surface area (Å²) in [5.74, 6) is 0. The van der Waals surface area contributed by atoms with Gasteiger partial charge in [0.15, 0.2) is 0 Å². The summed E-state index contributed by atoms with van der Waals surface area (Å²) in [5, 5.41) is 0. The van der Waals surface area contributed by atoms with E-state index in [9.17, 15) is 48.3 Å². The molecule has 0 aromatic rings. The Kier molecular flexibility index (Phi) is 4.88. The zero-order valence-corrected chi connectivity index (χ0v) is 8.81. The third-order valence-electron chi connectivity index (χ3n) is 1.98. The number of hydrogen-bond donors (Lipinski definition) is 0. The van der Waals surface area contributed by atoms with Gasteiger partial charge in [-0.3, -0.25) is 0 Å². The lowest BCUT2D eigenvalue weighted by Gasteiger charge is -2.24. The fraction of sp³-hybridized carbons (Fsp3) is 0.750. The highest BCUT2D eigenvalue weighted by Gasteiger charge is 2.55. The van der Waals surface area contributed by atoms with Crippen LogP contribution in [-0.2, 0) is 0 Å². The number of hydrogen-bond acceptors (Lipinski definition) is 0. The Morgan fingerprint density at radius 1 is 0.684 bits per heavy atom. The van der Waals surface area contributed by atoms with E-state index in [0.29, 0.717) is 0 Å². The fourth-order valence-electron chi connectivity index (χ4n) is 1.02. The molecular formula is C8H5F11. The third kappa shape index (κ3) is 4.53. The van der Waals surface area contributed by atoms with Gasteiger partial charge in [-0.05, 0) is 6.92 Å². The molecule has 0 rings (SSSR count). The van der Waals surface area contributed by atoms with E-state index in [2.05, 4.69) is 0 Å². The summed E-state index contributed by atoms with van der Waals surface area (Å²) in [6, 6.07) is 0. The van der Waals surface area contributed by atoms with Crippen molar-refractivity contribution in [2.75, 3.05) is 0 Å². The van der Waals surface area contributed by atoms with Crippen molar-refractivity contribution in [1.29, 1.82) is 0 Å². The molecule has 0 radical (unpaired) electrons. The minimum absolute atomic E-state index is 0.258. The second kappa shape index (κ2) is 5.16. The van der Waals surface area contributed by atoms with E-state index in [4.69, 9.17) is 0 Å². The Balaban J connectivity index is 5.94. The second-order valence-electron chi connectivity index (χ2n) is 3.39. The average molecular weight is 310 g/mol. The van der Waals surface area contributed by atoms with E-state index in [1.54, 1.807) is 0 Å². The van der Waals surface area contributed by atoms with Gasteiger partial charge in [-0.1, -0.05) is 0 Å². The minimum Gasteiger partial charge on any atom is -0.232 e. The van der Waals surface area contributed by atoms with Crippen molar-refractivity contribution in [2.24, 2.45) is 0 Å². The molecule has 0 aliphatic carbocycles. The summed E-state index contributed by atoms with van der Waals surface area (Å²) < 4.78 is 133. The third-order valence-corrected chi connectivity index (χ3v) is 1.98. The molecule has 2 unspecified atom stereocenters. The number of alkyl halides is 11. The summed E-state index contributed by atoms with van der Waals surface area (Å²) in [5.41, 5.74) is -5.64. The fourth-order valence-corrected chi connectivity index (χ4v) is 1.02. The smallest absolute Gasteiger partial charge is 0.232 e. The van der Waals surface area contributed by atoms with Crippen LogP contribution < -0.4 is 0 Å². The molecule has 0 saturated carbocycles. The molecule has 0 saturated heterocycles. The molecule has 0 amide bonds.